The van der Waals surface area contributed by atoms with Crippen LogP contribution in [0.5, 0.6) is 0 Å². The summed E-state index contributed by atoms with van der Waals surface area (Å²) in [6.07, 6.45) is 0. The minimum atomic E-state index is -0.613. The number of aryl methyl sites for hydroxylation is 2. The Bertz CT molecular complexity index is 863. The van der Waals surface area contributed by atoms with Crippen LogP contribution in [0, 0.1) is 25.6 Å². The van der Waals surface area contributed by atoms with E-state index >= 15 is 0 Å². The van der Waals surface area contributed by atoms with Gasteiger partial charge in [-0.15, -0.1) is 11.8 Å². The van der Waals surface area contributed by atoms with E-state index in [0.29, 0.717) is 12.5 Å². The smallest absolute Gasteiger partial charge is 0.242 e. The lowest BCUT2D eigenvalue weighted by molar-refractivity contribution is -0.138. The fourth-order valence-electron chi connectivity index (χ4n) is 3.31. The van der Waals surface area contributed by atoms with Gasteiger partial charge in [0.2, 0.25) is 11.8 Å². The van der Waals surface area contributed by atoms with E-state index in [1.165, 1.54) is 40.6 Å². The largest absolute Gasteiger partial charge is 0.354 e. The molecule has 0 saturated carbocycles. The van der Waals surface area contributed by atoms with Gasteiger partial charge in [0.25, 0.3) is 0 Å². The van der Waals surface area contributed by atoms with Gasteiger partial charge >= 0.3 is 0 Å². The van der Waals surface area contributed by atoms with Crippen molar-refractivity contribution in [2.24, 2.45) is 5.92 Å². The van der Waals surface area contributed by atoms with E-state index in [0.717, 1.165) is 11.3 Å². The molecule has 0 aliphatic carbocycles. The second-order valence-corrected chi connectivity index (χ2v) is 9.44. The molecular weight excluding hydrogens is 411 g/mol. The van der Waals surface area contributed by atoms with Gasteiger partial charge in [0.05, 0.1) is 5.75 Å². The summed E-state index contributed by atoms with van der Waals surface area (Å²) in [5.41, 5.74) is 4.38. The molecule has 168 valence electrons. The standard InChI is InChI=1S/C25H33FN2O2S/c1-17(2)13-27-25(30)20(5)28(14-21-6-8-23(26)9-7-21)24(29)16-31-15-22-11-18(3)10-19(4)12-22/h6-12,17,20H,13-16H2,1-5H3,(H,27,30)/t20-/m1/s1. The van der Waals surface area contributed by atoms with Crippen molar-refractivity contribution in [3.05, 3.63) is 70.5 Å². The molecule has 2 aromatic carbocycles. The zero-order chi connectivity index (χ0) is 23.0. The summed E-state index contributed by atoms with van der Waals surface area (Å²) in [7, 11) is 0. The molecule has 0 spiro atoms. The molecule has 2 rings (SSSR count). The molecule has 0 aromatic heterocycles. The van der Waals surface area contributed by atoms with Crippen LogP contribution in [0.1, 0.15) is 43.0 Å². The number of thioether (sulfide) groups is 1. The van der Waals surface area contributed by atoms with Crippen LogP contribution in [-0.2, 0) is 21.9 Å². The Balaban J connectivity index is 2.06. The van der Waals surface area contributed by atoms with Gasteiger partial charge in [0.15, 0.2) is 0 Å². The van der Waals surface area contributed by atoms with E-state index in [4.69, 9.17) is 0 Å². The van der Waals surface area contributed by atoms with Crippen molar-refractivity contribution in [1.29, 1.82) is 0 Å². The second-order valence-electron chi connectivity index (χ2n) is 8.45. The van der Waals surface area contributed by atoms with E-state index < -0.39 is 6.04 Å². The van der Waals surface area contributed by atoms with Crippen LogP contribution < -0.4 is 5.32 Å². The van der Waals surface area contributed by atoms with Crippen molar-refractivity contribution in [1.82, 2.24) is 10.2 Å². The molecule has 1 N–H and O–H groups in total. The molecule has 0 aliphatic rings. The first-order valence-corrected chi connectivity index (χ1v) is 11.8. The third-order valence-corrected chi connectivity index (χ3v) is 5.88. The lowest BCUT2D eigenvalue weighted by Gasteiger charge is -2.29. The molecule has 0 radical (unpaired) electrons. The van der Waals surface area contributed by atoms with Gasteiger partial charge in [-0.3, -0.25) is 9.59 Å². The Morgan fingerprint density at radius 2 is 1.61 bits per heavy atom. The van der Waals surface area contributed by atoms with Crippen LogP contribution >= 0.6 is 11.8 Å². The maximum atomic E-state index is 13.3. The highest BCUT2D eigenvalue weighted by atomic mass is 32.2. The number of hydrogen-bond donors (Lipinski definition) is 1. The van der Waals surface area contributed by atoms with Crippen LogP contribution in [-0.4, -0.2) is 35.1 Å². The monoisotopic (exact) mass is 444 g/mol. The minimum absolute atomic E-state index is 0.106. The molecule has 31 heavy (non-hydrogen) atoms. The molecule has 0 aliphatic heterocycles. The number of nitrogens with zero attached hydrogens (tertiary/aromatic N) is 1. The van der Waals surface area contributed by atoms with Crippen molar-refractivity contribution in [2.45, 2.75) is 53.0 Å². The lowest BCUT2D eigenvalue weighted by atomic mass is 10.1. The average Bonchev–Trinajstić information content (AvgIpc) is 2.70. The van der Waals surface area contributed by atoms with Crippen LogP contribution in [0.4, 0.5) is 4.39 Å². The van der Waals surface area contributed by atoms with Crippen molar-refractivity contribution in [2.75, 3.05) is 12.3 Å². The number of carbonyl (C=O) groups is 2. The summed E-state index contributed by atoms with van der Waals surface area (Å²) in [5, 5.41) is 2.91. The van der Waals surface area contributed by atoms with Gasteiger partial charge in [-0.25, -0.2) is 4.39 Å². The molecule has 0 heterocycles. The van der Waals surface area contributed by atoms with E-state index in [-0.39, 0.29) is 29.9 Å². The van der Waals surface area contributed by atoms with Gasteiger partial charge in [0.1, 0.15) is 11.9 Å². The molecule has 2 aromatic rings. The normalized spacial score (nSPS) is 12.0. The Labute approximate surface area is 189 Å². The molecule has 0 bridgehead atoms. The summed E-state index contributed by atoms with van der Waals surface area (Å²) >= 11 is 1.54. The first-order chi connectivity index (χ1) is 14.7. The summed E-state index contributed by atoms with van der Waals surface area (Å²) in [5.74, 6) is 0.719. The van der Waals surface area contributed by atoms with Crippen LogP contribution in [0.15, 0.2) is 42.5 Å². The second kappa shape index (κ2) is 11.9. The SMILES string of the molecule is Cc1cc(C)cc(CSCC(=O)N(Cc2ccc(F)cc2)[C@H](C)C(=O)NCC(C)C)c1. The van der Waals surface area contributed by atoms with E-state index in [2.05, 4.69) is 37.4 Å². The summed E-state index contributed by atoms with van der Waals surface area (Å²) in [4.78, 5) is 27.3. The van der Waals surface area contributed by atoms with Gasteiger partial charge in [0, 0.05) is 18.8 Å². The Kier molecular flexibility index (Phi) is 9.56. The molecule has 0 saturated heterocycles. The third kappa shape index (κ3) is 8.37. The number of amides is 2. The van der Waals surface area contributed by atoms with Crippen molar-refractivity contribution >= 4 is 23.6 Å². The van der Waals surface area contributed by atoms with Crippen molar-refractivity contribution in [3.63, 3.8) is 0 Å². The van der Waals surface area contributed by atoms with E-state index in [9.17, 15) is 14.0 Å². The zero-order valence-corrected chi connectivity index (χ0v) is 19.9. The van der Waals surface area contributed by atoms with Crippen LogP contribution in [0.3, 0.4) is 0 Å². The Morgan fingerprint density at radius 1 is 1.00 bits per heavy atom. The highest BCUT2D eigenvalue weighted by Crippen LogP contribution is 2.18. The molecule has 4 nitrogen and oxygen atoms in total. The minimum Gasteiger partial charge on any atom is -0.354 e. The highest BCUT2D eigenvalue weighted by Gasteiger charge is 2.26. The quantitative estimate of drug-likeness (QED) is 0.569. The van der Waals surface area contributed by atoms with E-state index in [1.54, 1.807) is 24.0 Å². The number of hydrogen-bond acceptors (Lipinski definition) is 3. The predicted octanol–water partition coefficient (Wildman–Crippen LogP) is 4.87. The number of carbonyl (C=O) groups excluding carboxylic acids is 2. The van der Waals surface area contributed by atoms with Crippen molar-refractivity contribution < 1.29 is 14.0 Å². The number of benzene rings is 2. The fourth-order valence-corrected chi connectivity index (χ4v) is 4.16. The first-order valence-electron chi connectivity index (χ1n) is 10.6. The Morgan fingerprint density at radius 3 is 2.19 bits per heavy atom. The van der Waals surface area contributed by atoms with E-state index in [1.807, 2.05) is 13.8 Å². The first kappa shape index (κ1) is 24.9. The van der Waals surface area contributed by atoms with Crippen LogP contribution in [0.2, 0.25) is 0 Å². The number of nitrogens with one attached hydrogen (secondary N) is 1. The number of halogens is 1. The molecule has 0 fully saturated rings. The van der Waals surface area contributed by atoms with Gasteiger partial charge in [-0.1, -0.05) is 55.3 Å². The molecule has 0 unspecified atom stereocenters. The highest BCUT2D eigenvalue weighted by molar-refractivity contribution is 7.99. The van der Waals surface area contributed by atoms with Gasteiger partial charge in [-0.05, 0) is 49.9 Å². The summed E-state index contributed by atoms with van der Waals surface area (Å²) in [6.45, 7) is 10.7. The fraction of sp³-hybridized carbons (Fsp3) is 0.440. The van der Waals surface area contributed by atoms with Crippen molar-refractivity contribution in [3.8, 4) is 0 Å². The lowest BCUT2D eigenvalue weighted by Crippen LogP contribution is -2.48. The molecule has 1 atom stereocenters. The molecular formula is C25H33FN2O2S. The number of rotatable bonds is 10. The maximum Gasteiger partial charge on any atom is 0.242 e. The molecule has 2 amide bonds. The predicted molar refractivity (Wildman–Crippen MR) is 126 cm³/mol. The Hall–Kier alpha value is -2.34. The summed E-state index contributed by atoms with van der Waals surface area (Å²) in [6, 6.07) is 11.8. The zero-order valence-electron chi connectivity index (χ0n) is 19.1. The average molecular weight is 445 g/mol. The maximum absolute atomic E-state index is 13.3. The van der Waals surface area contributed by atoms with Crippen LogP contribution in [0.25, 0.3) is 0 Å². The van der Waals surface area contributed by atoms with Gasteiger partial charge in [-0.2, -0.15) is 0 Å². The third-order valence-electron chi connectivity index (χ3n) is 4.89. The van der Waals surface area contributed by atoms with Gasteiger partial charge < -0.3 is 10.2 Å². The summed E-state index contributed by atoms with van der Waals surface area (Å²) < 4.78 is 13.3. The topological polar surface area (TPSA) is 49.4 Å². The molecule has 6 heteroatoms.